The molecule has 0 radical (unpaired) electrons. The lowest BCUT2D eigenvalue weighted by Gasteiger charge is -2.18. The van der Waals surface area contributed by atoms with Crippen LogP contribution < -0.4 is 0 Å². The maximum atomic E-state index is 11.6. The van der Waals surface area contributed by atoms with Crippen molar-refractivity contribution in [1.29, 1.82) is 0 Å². The van der Waals surface area contributed by atoms with Crippen molar-refractivity contribution in [2.45, 2.75) is 59.3 Å². The van der Waals surface area contributed by atoms with Crippen LogP contribution in [0, 0.1) is 0 Å². The minimum Gasteiger partial charge on any atom is -0.464 e. The summed E-state index contributed by atoms with van der Waals surface area (Å²) in [6.45, 7) is 6.87. The molecule has 20 heavy (non-hydrogen) atoms. The zero-order valence-electron chi connectivity index (χ0n) is 13.2. The van der Waals surface area contributed by atoms with Crippen LogP contribution in [-0.4, -0.2) is 43.3 Å². The molecule has 0 rings (SSSR count). The number of likely N-dealkylation sites (N-methyl/N-ethyl adjacent to an activating group) is 1. The van der Waals surface area contributed by atoms with Crippen LogP contribution in [0.15, 0.2) is 0 Å². The Morgan fingerprint density at radius 2 is 1.55 bits per heavy atom. The van der Waals surface area contributed by atoms with Crippen LogP contribution in [-0.2, 0) is 14.3 Å². The molecule has 0 bridgehead atoms. The Bertz CT molecular complexity index is 269. The van der Waals surface area contributed by atoms with Gasteiger partial charge in [-0.15, -0.1) is 0 Å². The fourth-order valence-electron chi connectivity index (χ4n) is 1.79. The van der Waals surface area contributed by atoms with Gasteiger partial charge in [0.05, 0.1) is 13.2 Å². The van der Waals surface area contributed by atoms with E-state index in [1.165, 1.54) is 30.6 Å². The number of rotatable bonds is 11. The van der Waals surface area contributed by atoms with Crippen molar-refractivity contribution in [2.24, 2.45) is 0 Å². The van der Waals surface area contributed by atoms with Crippen molar-refractivity contribution in [3.05, 3.63) is 0 Å². The first-order chi connectivity index (χ1) is 9.65. The molecule has 1 amide bonds. The summed E-state index contributed by atoms with van der Waals surface area (Å²) in [4.78, 5) is 24.4. The first-order valence-electron chi connectivity index (χ1n) is 7.72. The summed E-state index contributed by atoms with van der Waals surface area (Å²) >= 11 is 0. The van der Waals surface area contributed by atoms with E-state index < -0.39 is 6.09 Å². The lowest BCUT2D eigenvalue weighted by atomic mass is 10.1. The molecule has 0 saturated heterocycles. The van der Waals surface area contributed by atoms with Gasteiger partial charge in [0, 0.05) is 6.54 Å². The molecule has 5 nitrogen and oxygen atoms in total. The fraction of sp³-hybridized carbons (Fsp3) is 0.867. The monoisotopic (exact) mass is 287 g/mol. The average molecular weight is 287 g/mol. The number of carbonyl (C=O) groups is 2. The van der Waals surface area contributed by atoms with Crippen molar-refractivity contribution in [1.82, 2.24) is 4.90 Å². The molecule has 0 aromatic carbocycles. The molecular formula is C15H29NO4. The Morgan fingerprint density at radius 1 is 0.900 bits per heavy atom. The Hall–Kier alpha value is -1.26. The number of hydrogen-bond donors (Lipinski definition) is 0. The summed E-state index contributed by atoms with van der Waals surface area (Å²) in [7, 11) is 0. The molecule has 0 heterocycles. The molecular weight excluding hydrogens is 258 g/mol. The number of unbranched alkanes of at least 4 members (excludes halogenated alkanes) is 5. The normalized spacial score (nSPS) is 10.2. The van der Waals surface area contributed by atoms with Gasteiger partial charge in [0.15, 0.2) is 0 Å². The van der Waals surface area contributed by atoms with Gasteiger partial charge in [-0.05, 0) is 20.3 Å². The van der Waals surface area contributed by atoms with Crippen LogP contribution in [0.4, 0.5) is 4.79 Å². The first kappa shape index (κ1) is 18.7. The quantitative estimate of drug-likeness (QED) is 0.432. The molecule has 0 N–H and O–H groups in total. The Balaban J connectivity index is 3.67. The highest BCUT2D eigenvalue weighted by molar-refractivity contribution is 5.78. The van der Waals surface area contributed by atoms with Crippen LogP contribution >= 0.6 is 0 Å². The number of nitrogens with zero attached hydrogens (tertiary/aromatic N) is 1. The molecule has 0 spiro atoms. The highest BCUT2D eigenvalue weighted by Crippen LogP contribution is 2.05. The summed E-state index contributed by atoms with van der Waals surface area (Å²) in [5, 5.41) is 0. The highest BCUT2D eigenvalue weighted by atomic mass is 16.6. The predicted molar refractivity (Wildman–Crippen MR) is 78.6 cm³/mol. The first-order valence-corrected chi connectivity index (χ1v) is 7.72. The zero-order valence-corrected chi connectivity index (χ0v) is 13.2. The van der Waals surface area contributed by atoms with Gasteiger partial charge in [0.2, 0.25) is 0 Å². The summed E-state index contributed by atoms with van der Waals surface area (Å²) in [6.07, 6.45) is 6.45. The molecule has 0 aliphatic rings. The predicted octanol–water partition coefficient (Wildman–Crippen LogP) is 3.37. The van der Waals surface area contributed by atoms with Gasteiger partial charge in [-0.1, -0.05) is 39.0 Å². The zero-order chi connectivity index (χ0) is 15.2. The highest BCUT2D eigenvalue weighted by Gasteiger charge is 2.16. The molecule has 0 fully saturated rings. The number of hydrogen-bond acceptors (Lipinski definition) is 4. The molecule has 0 aromatic rings. The van der Waals surface area contributed by atoms with Gasteiger partial charge in [-0.25, -0.2) is 4.79 Å². The van der Waals surface area contributed by atoms with E-state index in [0.29, 0.717) is 19.8 Å². The largest absolute Gasteiger partial charge is 0.464 e. The molecule has 0 aromatic heterocycles. The van der Waals surface area contributed by atoms with E-state index in [2.05, 4.69) is 6.92 Å². The second-order valence-electron chi connectivity index (χ2n) is 4.70. The smallest absolute Gasteiger partial charge is 0.410 e. The van der Waals surface area contributed by atoms with Gasteiger partial charge in [-0.2, -0.15) is 0 Å². The van der Waals surface area contributed by atoms with E-state index in [1.807, 2.05) is 0 Å². The van der Waals surface area contributed by atoms with E-state index in [-0.39, 0.29) is 12.5 Å². The minimum absolute atomic E-state index is 0.0365. The third-order valence-corrected chi connectivity index (χ3v) is 2.99. The van der Waals surface area contributed by atoms with Gasteiger partial charge in [0.25, 0.3) is 0 Å². The molecule has 0 saturated carbocycles. The van der Waals surface area contributed by atoms with E-state index >= 15 is 0 Å². The number of carbonyl (C=O) groups excluding carboxylic acids is 2. The molecule has 0 aliphatic heterocycles. The number of amides is 1. The van der Waals surface area contributed by atoms with Gasteiger partial charge in [0.1, 0.15) is 6.54 Å². The lowest BCUT2D eigenvalue weighted by Crippen LogP contribution is -2.36. The Kier molecular flexibility index (Phi) is 12.0. The van der Waals surface area contributed by atoms with Crippen LogP contribution in [0.25, 0.3) is 0 Å². The summed E-state index contributed by atoms with van der Waals surface area (Å²) in [5.74, 6) is -0.367. The molecule has 0 aliphatic carbocycles. The van der Waals surface area contributed by atoms with Crippen molar-refractivity contribution < 1.29 is 19.1 Å². The van der Waals surface area contributed by atoms with E-state index in [9.17, 15) is 9.59 Å². The van der Waals surface area contributed by atoms with Crippen molar-refractivity contribution in [3.63, 3.8) is 0 Å². The van der Waals surface area contributed by atoms with Crippen molar-refractivity contribution in [2.75, 3.05) is 26.3 Å². The van der Waals surface area contributed by atoms with E-state index in [1.54, 1.807) is 13.8 Å². The van der Waals surface area contributed by atoms with Crippen molar-refractivity contribution >= 4 is 12.1 Å². The topological polar surface area (TPSA) is 55.8 Å². The van der Waals surface area contributed by atoms with Gasteiger partial charge in [-0.3, -0.25) is 9.69 Å². The third kappa shape index (κ3) is 9.64. The van der Waals surface area contributed by atoms with Gasteiger partial charge >= 0.3 is 12.1 Å². The van der Waals surface area contributed by atoms with Gasteiger partial charge < -0.3 is 9.47 Å². The minimum atomic E-state index is -0.466. The average Bonchev–Trinajstić information content (AvgIpc) is 2.44. The fourth-order valence-corrected chi connectivity index (χ4v) is 1.79. The third-order valence-electron chi connectivity index (χ3n) is 2.99. The van der Waals surface area contributed by atoms with Crippen LogP contribution in [0.1, 0.15) is 59.3 Å². The second-order valence-corrected chi connectivity index (χ2v) is 4.70. The summed E-state index contributed by atoms with van der Waals surface area (Å²) < 4.78 is 9.98. The van der Waals surface area contributed by atoms with Crippen LogP contribution in [0.2, 0.25) is 0 Å². The standard InChI is InChI=1S/C15H29NO4/c1-4-7-8-9-10-11-12-20-14(17)13-16(5-2)15(18)19-6-3/h4-13H2,1-3H3. The van der Waals surface area contributed by atoms with E-state index in [0.717, 1.165) is 12.8 Å². The molecule has 118 valence electrons. The maximum Gasteiger partial charge on any atom is 0.410 e. The number of esters is 1. The Labute approximate surface area is 122 Å². The molecule has 5 heteroatoms. The maximum absolute atomic E-state index is 11.6. The van der Waals surface area contributed by atoms with Crippen LogP contribution in [0.5, 0.6) is 0 Å². The molecule has 0 atom stereocenters. The number of ether oxygens (including phenoxy) is 2. The van der Waals surface area contributed by atoms with E-state index in [4.69, 9.17) is 9.47 Å². The lowest BCUT2D eigenvalue weighted by molar-refractivity contribution is -0.144. The second kappa shape index (κ2) is 12.8. The SMILES string of the molecule is CCCCCCCCOC(=O)CN(CC)C(=O)OCC. The van der Waals surface area contributed by atoms with Crippen LogP contribution in [0.3, 0.4) is 0 Å². The Morgan fingerprint density at radius 3 is 2.15 bits per heavy atom. The van der Waals surface area contributed by atoms with Crippen molar-refractivity contribution in [3.8, 4) is 0 Å². The molecule has 0 unspecified atom stereocenters. The summed E-state index contributed by atoms with van der Waals surface area (Å²) in [5.41, 5.74) is 0. The summed E-state index contributed by atoms with van der Waals surface area (Å²) in [6, 6.07) is 0.